The first-order chi connectivity index (χ1) is 12.8. The van der Waals surface area contributed by atoms with Gasteiger partial charge in [-0.2, -0.15) is 0 Å². The number of amides is 2. The maximum Gasteiger partial charge on any atom is 0.228 e. The fourth-order valence-electron chi connectivity index (χ4n) is 3.66. The summed E-state index contributed by atoms with van der Waals surface area (Å²) in [5, 5.41) is 2.86. The summed E-state index contributed by atoms with van der Waals surface area (Å²) in [6, 6.07) is 7.30. The fraction of sp³-hybridized carbons (Fsp3) is 0.579. The molecule has 1 atom stereocenters. The van der Waals surface area contributed by atoms with Gasteiger partial charge in [0, 0.05) is 31.9 Å². The van der Waals surface area contributed by atoms with Crippen molar-refractivity contribution < 1.29 is 18.0 Å². The first-order valence-corrected chi connectivity index (χ1v) is 11.3. The van der Waals surface area contributed by atoms with Crippen molar-refractivity contribution in [1.29, 1.82) is 0 Å². The molecule has 2 saturated heterocycles. The third-order valence-electron chi connectivity index (χ3n) is 5.26. The van der Waals surface area contributed by atoms with Crippen LogP contribution in [0.25, 0.3) is 0 Å². The van der Waals surface area contributed by atoms with Crippen LogP contribution in [0.15, 0.2) is 24.3 Å². The van der Waals surface area contributed by atoms with Crippen molar-refractivity contribution in [3.8, 4) is 0 Å². The molecule has 1 aromatic rings. The van der Waals surface area contributed by atoms with Crippen molar-refractivity contribution in [2.24, 2.45) is 5.92 Å². The van der Waals surface area contributed by atoms with Crippen LogP contribution < -0.4 is 5.32 Å². The Balaban J connectivity index is 1.54. The number of piperidine rings is 1. The van der Waals surface area contributed by atoms with E-state index in [4.69, 9.17) is 0 Å². The summed E-state index contributed by atoms with van der Waals surface area (Å²) >= 11 is 0. The SMILES string of the molecule is CS(=O)(=O)N1CCCC(C(=O)Nc2ccc(CC(=O)N3CCCC3)cc2)C1. The second kappa shape index (κ2) is 8.39. The van der Waals surface area contributed by atoms with Crippen LogP contribution in [0, 0.1) is 5.92 Å². The van der Waals surface area contributed by atoms with Crippen LogP contribution in [0.3, 0.4) is 0 Å². The number of carbonyl (C=O) groups is 2. The third-order valence-corrected chi connectivity index (χ3v) is 6.53. The first kappa shape index (κ1) is 19.8. The predicted octanol–water partition coefficient (Wildman–Crippen LogP) is 1.46. The molecular formula is C19H27N3O4S. The van der Waals surface area contributed by atoms with Crippen molar-refractivity contribution in [1.82, 2.24) is 9.21 Å². The maximum absolute atomic E-state index is 12.5. The van der Waals surface area contributed by atoms with Gasteiger partial charge in [0.15, 0.2) is 0 Å². The molecule has 8 heteroatoms. The molecule has 2 amide bonds. The van der Waals surface area contributed by atoms with E-state index in [9.17, 15) is 18.0 Å². The average Bonchev–Trinajstić information content (AvgIpc) is 3.17. The van der Waals surface area contributed by atoms with Crippen molar-refractivity contribution in [3.63, 3.8) is 0 Å². The molecular weight excluding hydrogens is 366 g/mol. The minimum Gasteiger partial charge on any atom is -0.342 e. The zero-order valence-corrected chi connectivity index (χ0v) is 16.5. The van der Waals surface area contributed by atoms with Crippen LogP contribution in [0.1, 0.15) is 31.2 Å². The van der Waals surface area contributed by atoms with E-state index < -0.39 is 10.0 Å². The molecule has 1 N–H and O–H groups in total. The second-order valence-electron chi connectivity index (χ2n) is 7.41. The first-order valence-electron chi connectivity index (χ1n) is 9.45. The van der Waals surface area contributed by atoms with Gasteiger partial charge in [-0.1, -0.05) is 12.1 Å². The van der Waals surface area contributed by atoms with E-state index in [1.165, 1.54) is 10.6 Å². The normalized spacial score (nSPS) is 21.2. The Morgan fingerprint density at radius 3 is 2.37 bits per heavy atom. The Morgan fingerprint density at radius 1 is 1.07 bits per heavy atom. The zero-order valence-electron chi connectivity index (χ0n) is 15.7. The number of nitrogens with zero attached hydrogens (tertiary/aromatic N) is 2. The molecule has 0 aliphatic carbocycles. The number of hydrogen-bond donors (Lipinski definition) is 1. The van der Waals surface area contributed by atoms with Crippen molar-refractivity contribution in [2.45, 2.75) is 32.1 Å². The van der Waals surface area contributed by atoms with Crippen LogP contribution >= 0.6 is 0 Å². The molecule has 27 heavy (non-hydrogen) atoms. The summed E-state index contributed by atoms with van der Waals surface area (Å²) in [5.74, 6) is -0.360. The molecule has 2 aliphatic rings. The summed E-state index contributed by atoms with van der Waals surface area (Å²) in [4.78, 5) is 26.6. The molecule has 7 nitrogen and oxygen atoms in total. The van der Waals surface area contributed by atoms with Gasteiger partial charge >= 0.3 is 0 Å². The lowest BCUT2D eigenvalue weighted by Gasteiger charge is -2.30. The molecule has 0 saturated carbocycles. The minimum absolute atomic E-state index is 0.146. The highest BCUT2D eigenvalue weighted by atomic mass is 32.2. The molecule has 148 valence electrons. The van der Waals surface area contributed by atoms with Gasteiger partial charge in [-0.3, -0.25) is 9.59 Å². The molecule has 1 aromatic carbocycles. The molecule has 0 spiro atoms. The van der Waals surface area contributed by atoms with Gasteiger partial charge in [0.1, 0.15) is 0 Å². The van der Waals surface area contributed by atoms with E-state index in [1.54, 1.807) is 12.1 Å². The van der Waals surface area contributed by atoms with E-state index in [1.807, 2.05) is 17.0 Å². The number of likely N-dealkylation sites (tertiary alicyclic amines) is 1. The smallest absolute Gasteiger partial charge is 0.228 e. The highest BCUT2D eigenvalue weighted by molar-refractivity contribution is 7.88. The van der Waals surface area contributed by atoms with Gasteiger partial charge in [-0.05, 0) is 43.4 Å². The molecule has 1 unspecified atom stereocenters. The van der Waals surface area contributed by atoms with Crippen molar-refractivity contribution >= 4 is 27.5 Å². The Hall–Kier alpha value is -1.93. The fourth-order valence-corrected chi connectivity index (χ4v) is 4.57. The molecule has 0 bridgehead atoms. The zero-order chi connectivity index (χ0) is 19.4. The van der Waals surface area contributed by atoms with Crippen LogP contribution in [0.5, 0.6) is 0 Å². The molecule has 0 radical (unpaired) electrons. The highest BCUT2D eigenvalue weighted by Crippen LogP contribution is 2.21. The summed E-state index contributed by atoms with van der Waals surface area (Å²) in [6.45, 7) is 2.40. The number of rotatable bonds is 5. The predicted molar refractivity (Wildman–Crippen MR) is 104 cm³/mol. The Morgan fingerprint density at radius 2 is 1.74 bits per heavy atom. The quantitative estimate of drug-likeness (QED) is 0.821. The average molecular weight is 394 g/mol. The van der Waals surface area contributed by atoms with Crippen LogP contribution in [0.4, 0.5) is 5.69 Å². The third kappa shape index (κ3) is 5.29. The lowest BCUT2D eigenvalue weighted by atomic mass is 9.98. The van der Waals surface area contributed by atoms with Gasteiger partial charge < -0.3 is 10.2 Å². The van der Waals surface area contributed by atoms with E-state index in [-0.39, 0.29) is 24.3 Å². The topological polar surface area (TPSA) is 86.8 Å². The largest absolute Gasteiger partial charge is 0.342 e. The molecule has 2 aliphatic heterocycles. The van der Waals surface area contributed by atoms with Gasteiger partial charge in [-0.15, -0.1) is 0 Å². The van der Waals surface area contributed by atoms with E-state index >= 15 is 0 Å². The summed E-state index contributed by atoms with van der Waals surface area (Å²) in [5.41, 5.74) is 1.58. The van der Waals surface area contributed by atoms with Crippen molar-refractivity contribution in [3.05, 3.63) is 29.8 Å². The van der Waals surface area contributed by atoms with Gasteiger partial charge in [-0.25, -0.2) is 12.7 Å². The molecule has 2 heterocycles. The Labute approximate surface area is 160 Å². The van der Waals surface area contributed by atoms with Gasteiger partial charge in [0.2, 0.25) is 21.8 Å². The van der Waals surface area contributed by atoms with E-state index in [0.29, 0.717) is 31.5 Å². The summed E-state index contributed by atoms with van der Waals surface area (Å²) < 4.78 is 24.8. The van der Waals surface area contributed by atoms with Gasteiger partial charge in [0.05, 0.1) is 18.6 Å². The van der Waals surface area contributed by atoms with Crippen molar-refractivity contribution in [2.75, 3.05) is 37.8 Å². The van der Waals surface area contributed by atoms with E-state index in [2.05, 4.69) is 5.32 Å². The van der Waals surface area contributed by atoms with Crippen LogP contribution in [-0.4, -0.2) is 61.9 Å². The monoisotopic (exact) mass is 393 g/mol. The summed E-state index contributed by atoms with van der Waals surface area (Å²) in [7, 11) is -3.27. The number of nitrogens with one attached hydrogen (secondary N) is 1. The minimum atomic E-state index is -3.27. The highest BCUT2D eigenvalue weighted by Gasteiger charge is 2.30. The lowest BCUT2D eigenvalue weighted by Crippen LogP contribution is -2.43. The number of anilines is 1. The number of carbonyl (C=O) groups excluding carboxylic acids is 2. The van der Waals surface area contributed by atoms with Crippen LogP contribution in [0.2, 0.25) is 0 Å². The molecule has 0 aromatic heterocycles. The number of benzene rings is 1. The molecule has 2 fully saturated rings. The summed E-state index contributed by atoms with van der Waals surface area (Å²) in [6.07, 6.45) is 5.07. The Bertz CT molecular complexity index is 786. The van der Waals surface area contributed by atoms with E-state index in [0.717, 1.165) is 31.5 Å². The molecule has 3 rings (SSSR count). The Kier molecular flexibility index (Phi) is 6.16. The number of hydrogen-bond acceptors (Lipinski definition) is 4. The van der Waals surface area contributed by atoms with Gasteiger partial charge in [0.25, 0.3) is 0 Å². The second-order valence-corrected chi connectivity index (χ2v) is 9.39. The standard InChI is InChI=1S/C19H27N3O4S/c1-27(25,26)22-12-4-5-16(14-22)19(24)20-17-8-6-15(7-9-17)13-18(23)21-10-2-3-11-21/h6-9,16H,2-5,10-14H2,1H3,(H,20,24). The lowest BCUT2D eigenvalue weighted by molar-refractivity contribution is -0.129. The number of sulfonamides is 1. The van der Waals surface area contributed by atoms with Crippen LogP contribution in [-0.2, 0) is 26.0 Å². The maximum atomic E-state index is 12.5.